The van der Waals surface area contributed by atoms with E-state index in [4.69, 9.17) is 9.47 Å². The zero-order chi connectivity index (χ0) is 18.0. The van der Waals surface area contributed by atoms with E-state index in [1.54, 1.807) is 0 Å². The summed E-state index contributed by atoms with van der Waals surface area (Å²) in [6, 6.07) is 0.628. The number of carbonyl (C=O) groups excluding carboxylic acids is 1. The summed E-state index contributed by atoms with van der Waals surface area (Å²) in [6.07, 6.45) is 2.93. The van der Waals surface area contributed by atoms with E-state index in [1.807, 2.05) is 25.7 Å². The lowest BCUT2D eigenvalue weighted by atomic mass is 9.86. The first-order chi connectivity index (χ1) is 11.1. The van der Waals surface area contributed by atoms with Crippen molar-refractivity contribution in [1.82, 2.24) is 10.2 Å². The van der Waals surface area contributed by atoms with Gasteiger partial charge in [-0.1, -0.05) is 20.8 Å². The molecule has 5 heteroatoms. The van der Waals surface area contributed by atoms with E-state index < -0.39 is 5.60 Å². The molecule has 0 bridgehead atoms. The Morgan fingerprint density at radius 2 is 1.92 bits per heavy atom. The standard InChI is InChI=1S/C19H36N2O3/c1-18(2,3)13-20-15-9-11-23-12-14(15)16-8-7-10-21(16)17(22)24-19(4,5)6/h14-16,20H,7-13H2,1-6H3/t14-,15-,16+/m1/s1. The number of carbonyl (C=O) groups is 1. The molecule has 0 aromatic heterocycles. The maximum Gasteiger partial charge on any atom is 0.410 e. The van der Waals surface area contributed by atoms with Gasteiger partial charge in [-0.25, -0.2) is 4.79 Å². The minimum absolute atomic E-state index is 0.176. The fraction of sp³-hybridized carbons (Fsp3) is 0.947. The van der Waals surface area contributed by atoms with Crippen molar-refractivity contribution in [2.24, 2.45) is 11.3 Å². The second-order valence-corrected chi connectivity index (χ2v) is 9.46. The maximum atomic E-state index is 12.6. The van der Waals surface area contributed by atoms with Crippen molar-refractivity contribution in [2.45, 2.75) is 78.5 Å². The van der Waals surface area contributed by atoms with Crippen molar-refractivity contribution in [3.05, 3.63) is 0 Å². The fourth-order valence-electron chi connectivity index (χ4n) is 3.61. The lowest BCUT2D eigenvalue weighted by molar-refractivity contribution is -0.0176. The number of rotatable bonds is 3. The summed E-state index contributed by atoms with van der Waals surface area (Å²) < 4.78 is 11.4. The Morgan fingerprint density at radius 1 is 1.21 bits per heavy atom. The molecule has 0 aromatic rings. The Hall–Kier alpha value is -0.810. The first-order valence-electron chi connectivity index (χ1n) is 9.37. The Labute approximate surface area is 147 Å². The predicted octanol–water partition coefficient (Wildman–Crippen LogP) is 3.43. The fourth-order valence-corrected chi connectivity index (χ4v) is 3.61. The third-order valence-electron chi connectivity index (χ3n) is 4.72. The van der Waals surface area contributed by atoms with Crippen LogP contribution in [0.25, 0.3) is 0 Å². The van der Waals surface area contributed by atoms with Crippen LogP contribution in [0.1, 0.15) is 60.8 Å². The first kappa shape index (κ1) is 19.5. The Balaban J connectivity index is 2.03. The van der Waals surface area contributed by atoms with Crippen LogP contribution in [0.2, 0.25) is 0 Å². The number of ether oxygens (including phenoxy) is 2. The average Bonchev–Trinajstić information content (AvgIpc) is 2.92. The van der Waals surface area contributed by atoms with E-state index in [0.29, 0.717) is 12.0 Å². The van der Waals surface area contributed by atoms with Crippen LogP contribution in [0.15, 0.2) is 0 Å². The third-order valence-corrected chi connectivity index (χ3v) is 4.72. The van der Waals surface area contributed by atoms with Crippen LogP contribution in [0, 0.1) is 11.3 Å². The molecular formula is C19H36N2O3. The van der Waals surface area contributed by atoms with Gasteiger partial charge in [0.2, 0.25) is 0 Å². The molecule has 1 amide bonds. The molecule has 140 valence electrons. The van der Waals surface area contributed by atoms with Gasteiger partial charge in [-0.3, -0.25) is 0 Å². The van der Waals surface area contributed by atoms with E-state index in [0.717, 1.165) is 45.6 Å². The van der Waals surface area contributed by atoms with Gasteiger partial charge in [0.05, 0.1) is 6.61 Å². The molecule has 24 heavy (non-hydrogen) atoms. The highest BCUT2D eigenvalue weighted by Crippen LogP contribution is 2.31. The normalized spacial score (nSPS) is 28.9. The van der Waals surface area contributed by atoms with Gasteiger partial charge in [0.25, 0.3) is 0 Å². The third kappa shape index (κ3) is 5.62. The van der Waals surface area contributed by atoms with Crippen LogP contribution in [0.5, 0.6) is 0 Å². The summed E-state index contributed by atoms with van der Waals surface area (Å²) in [7, 11) is 0. The number of amides is 1. The Kier molecular flexibility index (Phi) is 6.19. The molecule has 3 atom stereocenters. The molecule has 1 N–H and O–H groups in total. The summed E-state index contributed by atoms with van der Waals surface area (Å²) in [6.45, 7) is 15.8. The first-order valence-corrected chi connectivity index (χ1v) is 9.37. The molecular weight excluding hydrogens is 304 g/mol. The van der Waals surface area contributed by atoms with Crippen molar-refractivity contribution in [1.29, 1.82) is 0 Å². The molecule has 2 aliphatic heterocycles. The molecule has 2 heterocycles. The molecule has 0 unspecified atom stereocenters. The number of nitrogens with zero attached hydrogens (tertiary/aromatic N) is 1. The summed E-state index contributed by atoms with van der Waals surface area (Å²) >= 11 is 0. The lowest BCUT2D eigenvalue weighted by Crippen LogP contribution is -2.54. The van der Waals surface area contributed by atoms with Crippen molar-refractivity contribution < 1.29 is 14.3 Å². The van der Waals surface area contributed by atoms with E-state index in [1.165, 1.54) is 0 Å². The van der Waals surface area contributed by atoms with Gasteiger partial charge in [0.15, 0.2) is 0 Å². The molecule has 2 rings (SSSR count). The number of hydrogen-bond donors (Lipinski definition) is 1. The summed E-state index contributed by atoms with van der Waals surface area (Å²) in [4.78, 5) is 14.5. The van der Waals surface area contributed by atoms with Crippen LogP contribution >= 0.6 is 0 Å². The van der Waals surface area contributed by atoms with Gasteiger partial charge < -0.3 is 19.7 Å². The smallest absolute Gasteiger partial charge is 0.410 e. The molecule has 0 spiro atoms. The van der Waals surface area contributed by atoms with Crippen LogP contribution in [0.3, 0.4) is 0 Å². The molecule has 0 aliphatic carbocycles. The number of hydrogen-bond acceptors (Lipinski definition) is 4. The van der Waals surface area contributed by atoms with Gasteiger partial charge in [-0.2, -0.15) is 0 Å². The van der Waals surface area contributed by atoms with E-state index in [2.05, 4.69) is 26.1 Å². The van der Waals surface area contributed by atoms with Gasteiger partial charge >= 0.3 is 6.09 Å². The summed E-state index contributed by atoms with van der Waals surface area (Å²) in [5, 5.41) is 3.74. The summed E-state index contributed by atoms with van der Waals surface area (Å²) in [5.41, 5.74) is -0.194. The zero-order valence-electron chi connectivity index (χ0n) is 16.4. The van der Waals surface area contributed by atoms with Gasteiger partial charge in [0.1, 0.15) is 5.60 Å². The van der Waals surface area contributed by atoms with Crippen LogP contribution in [0.4, 0.5) is 4.79 Å². The zero-order valence-corrected chi connectivity index (χ0v) is 16.4. The molecule has 2 saturated heterocycles. The van der Waals surface area contributed by atoms with Crippen LogP contribution in [-0.4, -0.2) is 55.0 Å². The maximum absolute atomic E-state index is 12.6. The highest BCUT2D eigenvalue weighted by atomic mass is 16.6. The molecule has 0 saturated carbocycles. The lowest BCUT2D eigenvalue weighted by Gasteiger charge is -2.40. The van der Waals surface area contributed by atoms with Crippen molar-refractivity contribution in [3.63, 3.8) is 0 Å². The van der Waals surface area contributed by atoms with Gasteiger partial charge in [-0.05, 0) is 45.4 Å². The topological polar surface area (TPSA) is 50.8 Å². The molecule has 2 fully saturated rings. The van der Waals surface area contributed by atoms with Crippen molar-refractivity contribution >= 4 is 6.09 Å². The largest absolute Gasteiger partial charge is 0.444 e. The van der Waals surface area contributed by atoms with Gasteiger partial charge in [0, 0.05) is 37.7 Å². The van der Waals surface area contributed by atoms with E-state index in [9.17, 15) is 4.79 Å². The molecule has 0 radical (unpaired) electrons. The summed E-state index contributed by atoms with van der Waals surface area (Å²) in [5.74, 6) is 0.344. The second-order valence-electron chi connectivity index (χ2n) is 9.46. The van der Waals surface area contributed by atoms with Crippen LogP contribution in [-0.2, 0) is 9.47 Å². The average molecular weight is 341 g/mol. The van der Waals surface area contributed by atoms with Crippen molar-refractivity contribution in [2.75, 3.05) is 26.3 Å². The highest BCUT2D eigenvalue weighted by Gasteiger charge is 2.41. The molecule has 5 nitrogen and oxygen atoms in total. The second kappa shape index (κ2) is 7.61. The minimum Gasteiger partial charge on any atom is -0.444 e. The Morgan fingerprint density at radius 3 is 2.54 bits per heavy atom. The number of nitrogens with one attached hydrogen (secondary N) is 1. The number of likely N-dealkylation sites (tertiary alicyclic amines) is 1. The van der Waals surface area contributed by atoms with Gasteiger partial charge in [-0.15, -0.1) is 0 Å². The highest BCUT2D eigenvalue weighted by molar-refractivity contribution is 5.69. The SMILES string of the molecule is CC(C)(C)CN[C@@H]1CCOC[C@H]1[C@@H]1CCCN1C(=O)OC(C)(C)C. The van der Waals surface area contributed by atoms with Crippen molar-refractivity contribution in [3.8, 4) is 0 Å². The quantitative estimate of drug-likeness (QED) is 0.855. The molecule has 0 aromatic carbocycles. The van der Waals surface area contributed by atoms with E-state index >= 15 is 0 Å². The predicted molar refractivity (Wildman–Crippen MR) is 96.1 cm³/mol. The minimum atomic E-state index is -0.447. The van der Waals surface area contributed by atoms with Crippen LogP contribution < -0.4 is 5.32 Å². The Bertz CT molecular complexity index is 425. The molecule has 2 aliphatic rings. The van der Waals surface area contributed by atoms with E-state index in [-0.39, 0.29) is 17.6 Å². The monoisotopic (exact) mass is 340 g/mol.